The fourth-order valence-electron chi connectivity index (χ4n) is 10.8. The number of benzene rings is 10. The van der Waals surface area contributed by atoms with Gasteiger partial charge in [-0.25, -0.2) is 0 Å². The highest BCUT2D eigenvalue weighted by molar-refractivity contribution is 7.31. The molecule has 0 fully saturated rings. The summed E-state index contributed by atoms with van der Waals surface area (Å²) in [5.74, 6) is 0. The van der Waals surface area contributed by atoms with E-state index in [0.717, 1.165) is 55.0 Å². The number of rotatable bonds is 6. The Morgan fingerprint density at radius 3 is 1.63 bits per heavy atom. The van der Waals surface area contributed by atoms with Gasteiger partial charge in [-0.3, -0.25) is 0 Å². The number of fused-ring (bicyclic) bond motifs is 12. The van der Waals surface area contributed by atoms with Crippen LogP contribution in [0.2, 0.25) is 0 Å². The van der Waals surface area contributed by atoms with Gasteiger partial charge in [-0.2, -0.15) is 0 Å². The molecule has 14 aromatic rings. The minimum atomic E-state index is -3.12. The van der Waals surface area contributed by atoms with E-state index in [2.05, 4.69) is 206 Å². The standard InChI is InChI=1S/C60H36O2S2Si/c1-3-15-39(16-4-1)65(40-17-5-2-6-18-40,55-29-13-24-46-49-35-37(31-33-52(49)62-58(46)55)41-21-11-23-45-43-19-7-9-27-51(43)61-57(41)45)56-30-14-26-48-50-36-38(32-34-54(50)64-60(48)56)42-22-12-25-47-44-20-8-10-28-53(44)63-59(42)47/h1-36H. The van der Waals surface area contributed by atoms with E-state index in [1.165, 1.54) is 72.2 Å². The van der Waals surface area contributed by atoms with Gasteiger partial charge in [0.25, 0.3) is 0 Å². The van der Waals surface area contributed by atoms with E-state index in [4.69, 9.17) is 8.83 Å². The molecule has 0 atom stereocenters. The average Bonchev–Trinajstić information content (AvgIpc) is 4.15. The lowest BCUT2D eigenvalue weighted by Gasteiger charge is -2.34. The second-order valence-corrected chi connectivity index (χ2v) is 22.9. The van der Waals surface area contributed by atoms with Crippen molar-refractivity contribution >= 4 is 136 Å². The molecular weight excluding hydrogens is 845 g/mol. The summed E-state index contributed by atoms with van der Waals surface area (Å²) in [6.45, 7) is 0. The van der Waals surface area contributed by atoms with Gasteiger partial charge in [-0.05, 0) is 73.8 Å². The molecule has 304 valence electrons. The van der Waals surface area contributed by atoms with Gasteiger partial charge < -0.3 is 8.83 Å². The number of furan rings is 2. The molecule has 0 aliphatic rings. The number of para-hydroxylation sites is 3. The monoisotopic (exact) mass is 880 g/mol. The molecule has 0 bridgehead atoms. The van der Waals surface area contributed by atoms with Crippen molar-refractivity contribution in [3.63, 3.8) is 0 Å². The lowest BCUT2D eigenvalue weighted by molar-refractivity contribution is 0.669. The van der Waals surface area contributed by atoms with Gasteiger partial charge in [0.1, 0.15) is 22.3 Å². The zero-order valence-corrected chi connectivity index (χ0v) is 37.6. The van der Waals surface area contributed by atoms with Crippen LogP contribution in [0.5, 0.6) is 0 Å². The number of thiophene rings is 2. The normalized spacial score (nSPS) is 12.3. The zero-order chi connectivity index (χ0) is 42.6. The maximum absolute atomic E-state index is 7.19. The van der Waals surface area contributed by atoms with E-state index in [-0.39, 0.29) is 0 Å². The van der Waals surface area contributed by atoms with Gasteiger partial charge in [0, 0.05) is 67.5 Å². The van der Waals surface area contributed by atoms with E-state index in [9.17, 15) is 0 Å². The van der Waals surface area contributed by atoms with Crippen LogP contribution in [0.15, 0.2) is 227 Å². The number of hydrogen-bond acceptors (Lipinski definition) is 4. The maximum atomic E-state index is 7.19. The van der Waals surface area contributed by atoms with Crippen LogP contribution in [-0.4, -0.2) is 8.07 Å². The molecule has 10 aromatic carbocycles. The first kappa shape index (κ1) is 36.9. The molecule has 0 radical (unpaired) electrons. The van der Waals surface area contributed by atoms with Crippen LogP contribution in [0, 0.1) is 0 Å². The molecule has 14 rings (SSSR count). The van der Waals surface area contributed by atoms with Crippen molar-refractivity contribution in [1.82, 2.24) is 0 Å². The molecule has 65 heavy (non-hydrogen) atoms. The molecule has 0 aliphatic carbocycles. The Hall–Kier alpha value is -7.54. The first-order chi connectivity index (χ1) is 32.2. The zero-order valence-electron chi connectivity index (χ0n) is 34.9. The van der Waals surface area contributed by atoms with Crippen molar-refractivity contribution in [3.05, 3.63) is 218 Å². The topological polar surface area (TPSA) is 26.3 Å². The Kier molecular flexibility index (Phi) is 8.08. The van der Waals surface area contributed by atoms with Crippen molar-refractivity contribution in [2.75, 3.05) is 0 Å². The third kappa shape index (κ3) is 5.38. The Bertz CT molecular complexity index is 3920. The molecule has 4 heterocycles. The van der Waals surface area contributed by atoms with Gasteiger partial charge in [-0.15, -0.1) is 22.7 Å². The van der Waals surface area contributed by atoms with Crippen LogP contribution in [0.1, 0.15) is 0 Å². The number of hydrogen-bond donors (Lipinski definition) is 0. The van der Waals surface area contributed by atoms with Crippen molar-refractivity contribution in [3.8, 4) is 22.3 Å². The van der Waals surface area contributed by atoms with Crippen LogP contribution in [0.3, 0.4) is 0 Å². The third-order valence-corrected chi connectivity index (χ3v) is 21.1. The second-order valence-electron chi connectivity index (χ2n) is 17.0. The molecule has 0 saturated carbocycles. The van der Waals surface area contributed by atoms with Crippen LogP contribution >= 0.6 is 22.7 Å². The predicted molar refractivity (Wildman–Crippen MR) is 281 cm³/mol. The quantitative estimate of drug-likeness (QED) is 0.123. The van der Waals surface area contributed by atoms with E-state index in [1.54, 1.807) is 0 Å². The molecule has 0 N–H and O–H groups in total. The Balaban J connectivity index is 1.02. The lowest BCUT2D eigenvalue weighted by atomic mass is 10.0. The highest BCUT2D eigenvalue weighted by Gasteiger charge is 2.45. The minimum absolute atomic E-state index is 0.873. The van der Waals surface area contributed by atoms with E-state index in [1.807, 2.05) is 34.8 Å². The van der Waals surface area contributed by atoms with E-state index in [0.29, 0.717) is 0 Å². The van der Waals surface area contributed by atoms with E-state index >= 15 is 0 Å². The van der Waals surface area contributed by atoms with Gasteiger partial charge in [-0.1, -0.05) is 182 Å². The summed E-state index contributed by atoms with van der Waals surface area (Å²) in [4.78, 5) is 0. The molecule has 0 aliphatic heterocycles. The molecule has 4 aromatic heterocycles. The molecule has 0 amide bonds. The smallest absolute Gasteiger partial charge is 0.185 e. The Morgan fingerprint density at radius 1 is 0.308 bits per heavy atom. The summed E-state index contributed by atoms with van der Waals surface area (Å²) >= 11 is 3.81. The fourth-order valence-corrected chi connectivity index (χ4v) is 18.7. The summed E-state index contributed by atoms with van der Waals surface area (Å²) in [7, 11) is -3.12. The second kappa shape index (κ2) is 14.2. The summed E-state index contributed by atoms with van der Waals surface area (Å²) in [5, 5.41) is 14.9. The highest BCUT2D eigenvalue weighted by atomic mass is 32.1. The van der Waals surface area contributed by atoms with Gasteiger partial charge in [0.15, 0.2) is 8.07 Å². The Morgan fingerprint density at radius 2 is 0.831 bits per heavy atom. The van der Waals surface area contributed by atoms with Crippen molar-refractivity contribution < 1.29 is 8.83 Å². The van der Waals surface area contributed by atoms with Crippen LogP contribution < -0.4 is 20.7 Å². The first-order valence-corrected chi connectivity index (χ1v) is 25.7. The molecule has 2 nitrogen and oxygen atoms in total. The highest BCUT2D eigenvalue weighted by Crippen LogP contribution is 2.43. The van der Waals surface area contributed by atoms with Crippen molar-refractivity contribution in [1.29, 1.82) is 0 Å². The van der Waals surface area contributed by atoms with Gasteiger partial charge in [0.2, 0.25) is 0 Å². The fraction of sp³-hybridized carbons (Fsp3) is 0. The molecule has 0 spiro atoms. The van der Waals surface area contributed by atoms with Gasteiger partial charge >= 0.3 is 0 Å². The molecule has 0 saturated heterocycles. The molecule has 5 heteroatoms. The van der Waals surface area contributed by atoms with Crippen LogP contribution in [0.4, 0.5) is 0 Å². The largest absolute Gasteiger partial charge is 0.456 e. The van der Waals surface area contributed by atoms with Crippen LogP contribution in [-0.2, 0) is 0 Å². The maximum Gasteiger partial charge on any atom is 0.185 e. The minimum Gasteiger partial charge on any atom is -0.456 e. The van der Waals surface area contributed by atoms with Gasteiger partial charge in [0.05, 0.1) is 0 Å². The predicted octanol–water partition coefficient (Wildman–Crippen LogP) is 14.9. The van der Waals surface area contributed by atoms with Crippen molar-refractivity contribution in [2.24, 2.45) is 0 Å². The lowest BCUT2D eigenvalue weighted by Crippen LogP contribution is -2.74. The third-order valence-electron chi connectivity index (χ3n) is 13.6. The summed E-state index contributed by atoms with van der Waals surface area (Å²) in [6.07, 6.45) is 0. The Labute approximate surface area is 382 Å². The SMILES string of the molecule is c1ccc([Si](c2ccccc2)(c2cccc3c2oc2ccc(-c4cccc5c4oc4ccccc45)cc23)c2cccc3c2sc2ccc(-c4cccc5c4sc4ccccc45)cc23)cc1. The van der Waals surface area contributed by atoms with Crippen molar-refractivity contribution in [2.45, 2.75) is 0 Å². The van der Waals surface area contributed by atoms with Crippen LogP contribution in [0.25, 0.3) is 106 Å². The summed E-state index contributed by atoms with van der Waals surface area (Å²) in [5.41, 5.74) is 8.32. The summed E-state index contributed by atoms with van der Waals surface area (Å²) < 4.78 is 19.0. The summed E-state index contributed by atoms with van der Waals surface area (Å²) in [6, 6.07) is 80.4. The average molecular weight is 881 g/mol. The molecular formula is C60H36O2S2Si. The molecule has 0 unspecified atom stereocenters. The first-order valence-electron chi connectivity index (χ1n) is 22.1. The van der Waals surface area contributed by atoms with E-state index < -0.39 is 8.07 Å².